The van der Waals surface area contributed by atoms with E-state index in [9.17, 15) is 9.90 Å². The summed E-state index contributed by atoms with van der Waals surface area (Å²) in [6.07, 6.45) is 0. The van der Waals surface area contributed by atoms with Gasteiger partial charge in [0, 0.05) is 32.2 Å². The minimum absolute atomic E-state index is 0.0191. The minimum atomic E-state index is -1.04. The molecule has 8 nitrogen and oxygen atoms in total. The maximum absolute atomic E-state index is 11.3. The highest BCUT2D eigenvalue weighted by molar-refractivity contribution is 5.86. The summed E-state index contributed by atoms with van der Waals surface area (Å²) in [5.74, 6) is -0.00392. The zero-order valence-corrected chi connectivity index (χ0v) is 12.7. The summed E-state index contributed by atoms with van der Waals surface area (Å²) in [5.41, 5.74) is 0.0191. The van der Waals surface area contributed by atoms with Gasteiger partial charge in [0.15, 0.2) is 5.69 Å². The van der Waals surface area contributed by atoms with Crippen LogP contribution >= 0.6 is 0 Å². The molecule has 2 aliphatic heterocycles. The molecule has 2 fully saturated rings. The van der Waals surface area contributed by atoms with E-state index >= 15 is 0 Å². The first-order chi connectivity index (χ1) is 10.7. The second-order valence-electron chi connectivity index (χ2n) is 5.54. The van der Waals surface area contributed by atoms with Gasteiger partial charge < -0.3 is 25.0 Å². The molecule has 0 atom stereocenters. The van der Waals surface area contributed by atoms with Gasteiger partial charge in [-0.25, -0.2) is 9.78 Å². The van der Waals surface area contributed by atoms with Crippen LogP contribution in [0, 0.1) is 0 Å². The summed E-state index contributed by atoms with van der Waals surface area (Å²) in [5, 5.41) is 12.4. The van der Waals surface area contributed by atoms with Gasteiger partial charge in [-0.1, -0.05) is 6.92 Å². The fourth-order valence-corrected chi connectivity index (χ4v) is 2.55. The molecule has 0 amide bonds. The molecule has 3 heterocycles. The summed E-state index contributed by atoms with van der Waals surface area (Å²) in [6, 6.07) is 1.67. The average molecular weight is 307 g/mol. The van der Waals surface area contributed by atoms with Gasteiger partial charge >= 0.3 is 5.97 Å². The zero-order chi connectivity index (χ0) is 15.5. The van der Waals surface area contributed by atoms with Crippen molar-refractivity contribution in [1.82, 2.24) is 14.9 Å². The predicted octanol–water partition coefficient (Wildman–Crippen LogP) is 0.127. The van der Waals surface area contributed by atoms with Crippen LogP contribution in [0.1, 0.15) is 17.4 Å². The molecule has 3 rings (SSSR count). The Bertz CT molecular complexity index is 541. The maximum atomic E-state index is 11.3. The van der Waals surface area contributed by atoms with Crippen molar-refractivity contribution in [1.29, 1.82) is 0 Å². The third kappa shape index (κ3) is 3.28. The second-order valence-corrected chi connectivity index (χ2v) is 5.54. The number of nitrogens with one attached hydrogen (secondary N) is 1. The van der Waals surface area contributed by atoms with E-state index in [1.165, 1.54) is 6.07 Å². The van der Waals surface area contributed by atoms with Crippen LogP contribution in [0.3, 0.4) is 0 Å². The standard InChI is InChI=1S/C14H21N5O3/c1-2-18-3-5-19(6-4-18)14-16-11(13(20)21)7-12(17-14)15-10-8-22-9-10/h7,10H,2-6,8-9H2,1H3,(H,20,21)(H,15,16,17). The minimum Gasteiger partial charge on any atom is -0.477 e. The Balaban J connectivity index is 1.78. The van der Waals surface area contributed by atoms with E-state index in [0.29, 0.717) is 25.0 Å². The molecule has 2 N–H and O–H groups in total. The van der Waals surface area contributed by atoms with E-state index in [2.05, 4.69) is 27.1 Å². The van der Waals surface area contributed by atoms with Crippen LogP contribution in [-0.4, -0.2) is 77.9 Å². The molecular weight excluding hydrogens is 286 g/mol. The van der Waals surface area contributed by atoms with E-state index in [1.54, 1.807) is 0 Å². The Kier molecular flexibility index (Phi) is 4.39. The molecule has 0 unspecified atom stereocenters. The van der Waals surface area contributed by atoms with Gasteiger partial charge in [-0.15, -0.1) is 0 Å². The largest absolute Gasteiger partial charge is 0.477 e. The Morgan fingerprint density at radius 3 is 2.64 bits per heavy atom. The molecule has 0 aliphatic carbocycles. The van der Waals surface area contributed by atoms with Crippen molar-refractivity contribution in [3.63, 3.8) is 0 Å². The van der Waals surface area contributed by atoms with Crippen molar-refractivity contribution in [2.24, 2.45) is 0 Å². The Hall–Kier alpha value is -1.93. The average Bonchev–Trinajstić information content (AvgIpc) is 2.51. The van der Waals surface area contributed by atoms with E-state index < -0.39 is 5.97 Å². The number of carbonyl (C=O) groups is 1. The SMILES string of the molecule is CCN1CCN(c2nc(NC3COC3)cc(C(=O)O)n2)CC1. The fourth-order valence-electron chi connectivity index (χ4n) is 2.55. The van der Waals surface area contributed by atoms with Crippen LogP contribution in [0.5, 0.6) is 0 Å². The summed E-state index contributed by atoms with van der Waals surface area (Å²) >= 11 is 0. The maximum Gasteiger partial charge on any atom is 0.354 e. The Labute approximate surface area is 129 Å². The number of aromatic carboxylic acids is 1. The van der Waals surface area contributed by atoms with Crippen LogP contribution in [-0.2, 0) is 4.74 Å². The Morgan fingerprint density at radius 1 is 1.36 bits per heavy atom. The highest BCUT2D eigenvalue weighted by Gasteiger charge is 2.23. The first-order valence-electron chi connectivity index (χ1n) is 7.59. The van der Waals surface area contributed by atoms with Crippen LogP contribution < -0.4 is 10.2 Å². The first kappa shape index (κ1) is 15.0. The lowest BCUT2D eigenvalue weighted by atomic mass is 10.2. The van der Waals surface area contributed by atoms with Gasteiger partial charge in [0.25, 0.3) is 0 Å². The Morgan fingerprint density at radius 2 is 2.09 bits per heavy atom. The lowest BCUT2D eigenvalue weighted by molar-refractivity contribution is 0.0209. The molecule has 120 valence electrons. The third-order valence-electron chi connectivity index (χ3n) is 4.03. The van der Waals surface area contributed by atoms with E-state index in [4.69, 9.17) is 4.74 Å². The number of ether oxygens (including phenoxy) is 1. The smallest absolute Gasteiger partial charge is 0.354 e. The summed E-state index contributed by atoms with van der Waals surface area (Å²) in [6.45, 7) is 7.91. The number of nitrogens with zero attached hydrogens (tertiary/aromatic N) is 4. The van der Waals surface area contributed by atoms with Crippen LogP contribution in [0.4, 0.5) is 11.8 Å². The van der Waals surface area contributed by atoms with Crippen LogP contribution in [0.15, 0.2) is 6.07 Å². The molecule has 22 heavy (non-hydrogen) atoms. The van der Waals surface area contributed by atoms with Crippen LogP contribution in [0.25, 0.3) is 0 Å². The number of anilines is 2. The van der Waals surface area contributed by atoms with E-state index in [1.807, 2.05) is 4.90 Å². The fraction of sp³-hybridized carbons (Fsp3) is 0.643. The molecular formula is C14H21N5O3. The van der Waals surface area contributed by atoms with Gasteiger partial charge in [-0.05, 0) is 6.54 Å². The second kappa shape index (κ2) is 6.45. The highest BCUT2D eigenvalue weighted by Crippen LogP contribution is 2.18. The van der Waals surface area contributed by atoms with Gasteiger partial charge in [0.05, 0.1) is 19.3 Å². The molecule has 0 saturated carbocycles. The molecule has 2 saturated heterocycles. The van der Waals surface area contributed by atoms with Crippen molar-refractivity contribution >= 4 is 17.7 Å². The number of rotatable bonds is 5. The number of hydrogen-bond donors (Lipinski definition) is 2. The number of carboxylic acids is 1. The molecule has 1 aromatic heterocycles. The summed E-state index contributed by atoms with van der Waals surface area (Å²) < 4.78 is 5.12. The topological polar surface area (TPSA) is 90.8 Å². The van der Waals surface area contributed by atoms with Crippen molar-refractivity contribution in [3.05, 3.63) is 11.8 Å². The molecule has 0 bridgehead atoms. The first-order valence-corrected chi connectivity index (χ1v) is 7.59. The zero-order valence-electron chi connectivity index (χ0n) is 12.7. The van der Waals surface area contributed by atoms with Gasteiger partial charge in [0.1, 0.15) is 5.82 Å². The predicted molar refractivity (Wildman–Crippen MR) is 81.5 cm³/mol. The highest BCUT2D eigenvalue weighted by atomic mass is 16.5. The molecule has 1 aromatic rings. The third-order valence-corrected chi connectivity index (χ3v) is 4.03. The molecule has 8 heteroatoms. The van der Waals surface area contributed by atoms with Crippen LogP contribution in [0.2, 0.25) is 0 Å². The number of carboxylic acid groups (broad SMARTS) is 1. The quantitative estimate of drug-likeness (QED) is 0.793. The molecule has 0 aromatic carbocycles. The van der Waals surface area contributed by atoms with Crippen molar-refractivity contribution < 1.29 is 14.6 Å². The van der Waals surface area contributed by atoms with Crippen molar-refractivity contribution in [3.8, 4) is 0 Å². The summed E-state index contributed by atoms with van der Waals surface area (Å²) in [4.78, 5) is 24.3. The van der Waals surface area contributed by atoms with Gasteiger partial charge in [0.2, 0.25) is 5.95 Å². The lowest BCUT2D eigenvalue weighted by Gasteiger charge is -2.34. The number of piperazine rings is 1. The summed E-state index contributed by atoms with van der Waals surface area (Å²) in [7, 11) is 0. The number of likely N-dealkylation sites (N-methyl/N-ethyl adjacent to an activating group) is 1. The van der Waals surface area contributed by atoms with Gasteiger partial charge in [-0.3, -0.25) is 0 Å². The van der Waals surface area contributed by atoms with E-state index in [-0.39, 0.29) is 11.7 Å². The number of hydrogen-bond acceptors (Lipinski definition) is 7. The monoisotopic (exact) mass is 307 g/mol. The van der Waals surface area contributed by atoms with Crippen molar-refractivity contribution in [2.75, 3.05) is 56.2 Å². The molecule has 2 aliphatic rings. The normalized spacial score (nSPS) is 19.8. The molecule has 0 radical (unpaired) electrons. The molecule has 0 spiro atoms. The van der Waals surface area contributed by atoms with Gasteiger partial charge in [-0.2, -0.15) is 4.98 Å². The lowest BCUT2D eigenvalue weighted by Crippen LogP contribution is -2.47. The van der Waals surface area contributed by atoms with E-state index in [0.717, 1.165) is 32.7 Å². The van der Waals surface area contributed by atoms with Crippen molar-refractivity contribution in [2.45, 2.75) is 13.0 Å². The number of aromatic nitrogens is 2.